The highest BCUT2D eigenvalue weighted by atomic mass is 32.2. The number of aromatic nitrogens is 2. The van der Waals surface area contributed by atoms with Crippen molar-refractivity contribution in [2.75, 3.05) is 6.54 Å². The zero-order chi connectivity index (χ0) is 19.8. The van der Waals surface area contributed by atoms with E-state index in [0.29, 0.717) is 23.1 Å². The van der Waals surface area contributed by atoms with Crippen molar-refractivity contribution < 1.29 is 4.79 Å². The van der Waals surface area contributed by atoms with Crippen molar-refractivity contribution in [3.8, 4) is 0 Å². The van der Waals surface area contributed by atoms with Gasteiger partial charge < -0.3 is 10.3 Å². The van der Waals surface area contributed by atoms with Crippen molar-refractivity contribution >= 4 is 17.7 Å². The maximum Gasteiger partial charge on any atom is 0.251 e. The van der Waals surface area contributed by atoms with Crippen molar-refractivity contribution in [1.29, 1.82) is 0 Å². The number of amides is 1. The maximum atomic E-state index is 12.2. The summed E-state index contributed by atoms with van der Waals surface area (Å²) in [5.74, 6) is 0.569. The summed E-state index contributed by atoms with van der Waals surface area (Å²) < 4.78 is 0. The molecule has 3 aromatic rings. The fourth-order valence-corrected chi connectivity index (χ4v) is 3.55. The van der Waals surface area contributed by atoms with Gasteiger partial charge in [0.2, 0.25) is 5.91 Å². The Morgan fingerprint density at radius 3 is 2.57 bits per heavy atom. The second-order valence-electron chi connectivity index (χ2n) is 6.58. The Bertz CT molecular complexity index is 969. The van der Waals surface area contributed by atoms with E-state index in [4.69, 9.17) is 0 Å². The van der Waals surface area contributed by atoms with Crippen molar-refractivity contribution in [1.82, 2.24) is 15.3 Å². The van der Waals surface area contributed by atoms with E-state index in [9.17, 15) is 9.59 Å². The first-order valence-corrected chi connectivity index (χ1v) is 10.2. The molecule has 6 heteroatoms. The second-order valence-corrected chi connectivity index (χ2v) is 7.54. The van der Waals surface area contributed by atoms with Crippen LogP contribution in [-0.4, -0.2) is 22.4 Å². The van der Waals surface area contributed by atoms with Gasteiger partial charge in [-0.1, -0.05) is 71.9 Å². The molecule has 28 heavy (non-hydrogen) atoms. The van der Waals surface area contributed by atoms with Crippen LogP contribution in [0.4, 0.5) is 0 Å². The molecule has 2 N–H and O–H groups in total. The van der Waals surface area contributed by atoms with Crippen LogP contribution in [0.5, 0.6) is 0 Å². The number of H-pyrrole nitrogens is 1. The molecule has 0 bridgehead atoms. The molecule has 0 spiro atoms. The van der Waals surface area contributed by atoms with Gasteiger partial charge in [0.15, 0.2) is 5.16 Å². The molecule has 0 fully saturated rings. The Balaban J connectivity index is 1.52. The topological polar surface area (TPSA) is 74.8 Å². The molecule has 1 aromatic heterocycles. The average molecular weight is 394 g/mol. The molecule has 2 aromatic carbocycles. The SMILES string of the molecule is Cc1ccc(CSc2nc(CC(=O)NCCc3ccccc3)cc(=O)[nH]2)cc1. The number of benzene rings is 2. The quantitative estimate of drug-likeness (QED) is 0.455. The lowest BCUT2D eigenvalue weighted by Crippen LogP contribution is -2.28. The monoisotopic (exact) mass is 393 g/mol. The third-order valence-electron chi connectivity index (χ3n) is 4.19. The molecule has 5 nitrogen and oxygen atoms in total. The summed E-state index contributed by atoms with van der Waals surface area (Å²) in [5.41, 5.74) is 3.77. The largest absolute Gasteiger partial charge is 0.355 e. The van der Waals surface area contributed by atoms with Crippen LogP contribution in [0.15, 0.2) is 70.6 Å². The predicted molar refractivity (Wildman–Crippen MR) is 112 cm³/mol. The van der Waals surface area contributed by atoms with E-state index in [1.807, 2.05) is 37.3 Å². The van der Waals surface area contributed by atoms with Gasteiger partial charge in [0.05, 0.1) is 12.1 Å². The minimum atomic E-state index is -0.242. The molecular formula is C22H23N3O2S. The van der Waals surface area contributed by atoms with E-state index in [0.717, 1.165) is 12.0 Å². The lowest BCUT2D eigenvalue weighted by atomic mass is 10.1. The van der Waals surface area contributed by atoms with Crippen LogP contribution < -0.4 is 10.9 Å². The Morgan fingerprint density at radius 2 is 1.82 bits per heavy atom. The van der Waals surface area contributed by atoms with Gasteiger partial charge in [0.1, 0.15) is 0 Å². The zero-order valence-electron chi connectivity index (χ0n) is 15.8. The Morgan fingerprint density at radius 1 is 1.07 bits per heavy atom. The number of aromatic amines is 1. The van der Waals surface area contributed by atoms with E-state index < -0.39 is 0 Å². The molecule has 0 aliphatic rings. The highest BCUT2D eigenvalue weighted by molar-refractivity contribution is 7.98. The molecule has 0 atom stereocenters. The number of carbonyl (C=O) groups is 1. The van der Waals surface area contributed by atoms with Gasteiger partial charge in [-0.25, -0.2) is 4.98 Å². The van der Waals surface area contributed by atoms with Crippen LogP contribution in [-0.2, 0) is 23.4 Å². The first-order valence-electron chi connectivity index (χ1n) is 9.18. The van der Waals surface area contributed by atoms with Crippen molar-refractivity contribution in [3.05, 3.63) is 93.4 Å². The number of hydrogen-bond acceptors (Lipinski definition) is 4. The van der Waals surface area contributed by atoms with Crippen LogP contribution in [0.1, 0.15) is 22.4 Å². The number of nitrogens with zero attached hydrogens (tertiary/aromatic N) is 1. The number of hydrogen-bond donors (Lipinski definition) is 2. The fraction of sp³-hybridized carbons (Fsp3) is 0.227. The smallest absolute Gasteiger partial charge is 0.251 e. The van der Waals surface area contributed by atoms with Gasteiger partial charge >= 0.3 is 0 Å². The minimum Gasteiger partial charge on any atom is -0.355 e. The molecule has 0 radical (unpaired) electrons. The Kier molecular flexibility index (Phi) is 7.03. The third-order valence-corrected chi connectivity index (χ3v) is 5.13. The van der Waals surface area contributed by atoms with Gasteiger partial charge in [-0.3, -0.25) is 9.59 Å². The number of carbonyl (C=O) groups excluding carboxylic acids is 1. The summed E-state index contributed by atoms with van der Waals surface area (Å²) in [6.45, 7) is 2.60. The van der Waals surface area contributed by atoms with Gasteiger partial charge in [0.25, 0.3) is 5.56 Å². The normalized spacial score (nSPS) is 10.6. The van der Waals surface area contributed by atoms with E-state index in [1.165, 1.54) is 29.0 Å². The molecule has 1 amide bonds. The van der Waals surface area contributed by atoms with E-state index >= 15 is 0 Å². The Labute approximate surface area is 168 Å². The van der Waals surface area contributed by atoms with E-state index in [2.05, 4.69) is 39.6 Å². The number of nitrogens with one attached hydrogen (secondary N) is 2. The highest BCUT2D eigenvalue weighted by Gasteiger charge is 2.08. The van der Waals surface area contributed by atoms with Gasteiger partial charge in [-0.15, -0.1) is 0 Å². The fourth-order valence-electron chi connectivity index (χ4n) is 2.70. The van der Waals surface area contributed by atoms with E-state index in [1.54, 1.807) is 0 Å². The molecule has 144 valence electrons. The molecule has 1 heterocycles. The van der Waals surface area contributed by atoms with Crippen LogP contribution in [0, 0.1) is 6.92 Å². The second kappa shape index (κ2) is 9.90. The summed E-state index contributed by atoms with van der Waals surface area (Å²) in [7, 11) is 0. The summed E-state index contributed by atoms with van der Waals surface area (Å²) in [4.78, 5) is 31.2. The van der Waals surface area contributed by atoms with Crippen molar-refractivity contribution in [3.63, 3.8) is 0 Å². The molecular weight excluding hydrogens is 370 g/mol. The van der Waals surface area contributed by atoms with Gasteiger partial charge in [-0.2, -0.15) is 0 Å². The standard InChI is InChI=1S/C22H23N3O2S/c1-16-7-9-18(10-8-16)15-28-22-24-19(14-21(27)25-22)13-20(26)23-12-11-17-5-3-2-4-6-17/h2-10,14H,11-13,15H2,1H3,(H,23,26)(H,24,25,27). The molecule has 3 rings (SSSR count). The molecule has 0 aliphatic heterocycles. The average Bonchev–Trinajstić information content (AvgIpc) is 2.68. The van der Waals surface area contributed by atoms with E-state index in [-0.39, 0.29) is 17.9 Å². The number of aryl methyl sites for hydroxylation is 1. The van der Waals surface area contributed by atoms with Gasteiger partial charge in [0, 0.05) is 18.4 Å². The predicted octanol–water partition coefficient (Wildman–Crippen LogP) is 3.27. The Hall–Kier alpha value is -2.86. The summed E-state index contributed by atoms with van der Waals surface area (Å²) in [6, 6.07) is 19.6. The first-order chi connectivity index (χ1) is 13.6. The zero-order valence-corrected chi connectivity index (χ0v) is 16.6. The molecule has 0 aliphatic carbocycles. The number of thioether (sulfide) groups is 1. The number of rotatable bonds is 8. The lowest BCUT2D eigenvalue weighted by Gasteiger charge is -2.07. The minimum absolute atomic E-state index is 0.0940. The van der Waals surface area contributed by atoms with Crippen molar-refractivity contribution in [2.24, 2.45) is 0 Å². The van der Waals surface area contributed by atoms with Crippen LogP contribution in [0.25, 0.3) is 0 Å². The van der Waals surface area contributed by atoms with Crippen LogP contribution in [0.2, 0.25) is 0 Å². The molecule has 0 saturated heterocycles. The third kappa shape index (κ3) is 6.39. The first kappa shape index (κ1) is 19.9. The van der Waals surface area contributed by atoms with Crippen LogP contribution in [0.3, 0.4) is 0 Å². The summed E-state index contributed by atoms with van der Waals surface area (Å²) in [5, 5.41) is 3.41. The lowest BCUT2D eigenvalue weighted by molar-refractivity contribution is -0.120. The molecule has 0 saturated carbocycles. The van der Waals surface area contributed by atoms with Crippen LogP contribution >= 0.6 is 11.8 Å². The van der Waals surface area contributed by atoms with Gasteiger partial charge in [-0.05, 0) is 24.5 Å². The summed E-state index contributed by atoms with van der Waals surface area (Å²) in [6.07, 6.45) is 0.865. The maximum absolute atomic E-state index is 12.2. The molecule has 0 unspecified atom stereocenters. The van der Waals surface area contributed by atoms with Crippen molar-refractivity contribution in [2.45, 2.75) is 30.7 Å². The highest BCUT2D eigenvalue weighted by Crippen LogP contribution is 2.18. The summed E-state index contributed by atoms with van der Waals surface area (Å²) >= 11 is 1.45.